The van der Waals surface area contributed by atoms with Gasteiger partial charge < -0.3 is 9.47 Å². The van der Waals surface area contributed by atoms with Gasteiger partial charge in [-0.25, -0.2) is 0 Å². The molecule has 1 unspecified atom stereocenters. The second-order valence-corrected chi connectivity index (χ2v) is 7.47. The Morgan fingerprint density at radius 1 is 0.812 bits per heavy atom. The van der Waals surface area contributed by atoms with E-state index in [0.717, 1.165) is 11.1 Å². The molecule has 1 atom stereocenters. The van der Waals surface area contributed by atoms with E-state index in [1.54, 1.807) is 36.7 Å². The third-order valence-electron chi connectivity index (χ3n) is 5.85. The first-order valence-corrected chi connectivity index (χ1v) is 10.9. The molecule has 6 heteroatoms. The summed E-state index contributed by atoms with van der Waals surface area (Å²) in [7, 11) is 0. The summed E-state index contributed by atoms with van der Waals surface area (Å²) in [6.45, 7) is 6.74. The van der Waals surface area contributed by atoms with Crippen LogP contribution in [0.5, 0.6) is 11.5 Å². The number of hydrogen-bond acceptors (Lipinski definition) is 5. The molecule has 4 rings (SSSR count). The van der Waals surface area contributed by atoms with E-state index < -0.39 is 5.54 Å². The van der Waals surface area contributed by atoms with Crippen LogP contribution in [0.1, 0.15) is 59.0 Å². The number of nitrogens with zero attached hydrogens (tertiary/aromatic N) is 2. The Morgan fingerprint density at radius 2 is 1.47 bits per heavy atom. The number of aromatic nitrogens is 1. The molecule has 0 aliphatic carbocycles. The van der Waals surface area contributed by atoms with Gasteiger partial charge in [-0.05, 0) is 56.2 Å². The fourth-order valence-corrected chi connectivity index (χ4v) is 4.44. The van der Waals surface area contributed by atoms with E-state index in [0.29, 0.717) is 42.3 Å². The first kappa shape index (κ1) is 21.6. The van der Waals surface area contributed by atoms with E-state index in [9.17, 15) is 9.59 Å². The zero-order chi connectivity index (χ0) is 22.7. The van der Waals surface area contributed by atoms with Crippen molar-refractivity contribution in [3.8, 4) is 11.5 Å². The van der Waals surface area contributed by atoms with Crippen molar-refractivity contribution in [3.05, 3.63) is 89.2 Å². The largest absolute Gasteiger partial charge is 0.490 e. The molecule has 1 aliphatic rings. The highest BCUT2D eigenvalue weighted by atomic mass is 16.5. The SMILES string of the molecule is CCOc1ccc(C(CC)(c2cccnc2)N2C(=O)c3ccccc3C2=O)cc1OCC. The van der Waals surface area contributed by atoms with Crippen molar-refractivity contribution in [2.45, 2.75) is 32.7 Å². The normalized spacial score (nSPS) is 14.8. The van der Waals surface area contributed by atoms with Gasteiger partial charge in [0.15, 0.2) is 11.5 Å². The van der Waals surface area contributed by atoms with Crippen LogP contribution in [0.4, 0.5) is 0 Å². The number of ether oxygens (including phenoxy) is 2. The molecule has 1 aromatic heterocycles. The molecule has 6 nitrogen and oxygen atoms in total. The molecule has 2 aromatic carbocycles. The summed E-state index contributed by atoms with van der Waals surface area (Å²) in [4.78, 5) is 32.8. The molecule has 0 bridgehead atoms. The van der Waals surface area contributed by atoms with E-state index in [-0.39, 0.29) is 11.8 Å². The van der Waals surface area contributed by atoms with E-state index in [1.807, 2.05) is 51.1 Å². The van der Waals surface area contributed by atoms with Crippen LogP contribution >= 0.6 is 0 Å². The first-order chi connectivity index (χ1) is 15.6. The van der Waals surface area contributed by atoms with E-state index in [1.165, 1.54) is 4.90 Å². The van der Waals surface area contributed by atoms with E-state index in [2.05, 4.69) is 4.98 Å². The lowest BCUT2D eigenvalue weighted by Gasteiger charge is -2.41. The predicted molar refractivity (Wildman–Crippen MR) is 121 cm³/mol. The average Bonchev–Trinajstić information content (AvgIpc) is 3.08. The van der Waals surface area contributed by atoms with Gasteiger partial charge in [0.2, 0.25) is 0 Å². The number of rotatable bonds is 8. The summed E-state index contributed by atoms with van der Waals surface area (Å²) in [5, 5.41) is 0. The molecule has 0 saturated heterocycles. The maximum atomic E-state index is 13.6. The monoisotopic (exact) mass is 430 g/mol. The van der Waals surface area contributed by atoms with Gasteiger partial charge in [-0.15, -0.1) is 0 Å². The molecule has 2 heterocycles. The number of carbonyl (C=O) groups excluding carboxylic acids is 2. The van der Waals surface area contributed by atoms with Crippen LogP contribution in [-0.4, -0.2) is 34.9 Å². The van der Waals surface area contributed by atoms with E-state index in [4.69, 9.17) is 9.47 Å². The molecule has 2 amide bonds. The number of benzene rings is 2. The summed E-state index contributed by atoms with van der Waals surface area (Å²) >= 11 is 0. The molecule has 3 aromatic rings. The molecular weight excluding hydrogens is 404 g/mol. The highest BCUT2D eigenvalue weighted by Crippen LogP contribution is 2.45. The number of pyridine rings is 1. The Kier molecular flexibility index (Phi) is 5.95. The van der Waals surface area contributed by atoms with Crippen LogP contribution in [0.2, 0.25) is 0 Å². The standard InChI is InChI=1S/C26H26N2O4/c1-4-26(19-10-9-15-27-17-19,18-13-14-22(31-5-2)23(16-18)32-6-3)28-24(29)20-11-7-8-12-21(20)25(28)30/h7-17H,4-6H2,1-3H3. The number of fused-ring (bicyclic) bond motifs is 1. The van der Waals surface area contributed by atoms with Gasteiger partial charge in [-0.3, -0.25) is 19.5 Å². The van der Waals surface area contributed by atoms with Crippen LogP contribution in [-0.2, 0) is 5.54 Å². The summed E-state index contributed by atoms with van der Waals surface area (Å²) < 4.78 is 11.6. The maximum absolute atomic E-state index is 13.6. The van der Waals surface area contributed by atoms with Gasteiger partial charge in [0.25, 0.3) is 11.8 Å². The van der Waals surface area contributed by atoms with Crippen LogP contribution in [0.15, 0.2) is 67.0 Å². The predicted octanol–water partition coefficient (Wildman–Crippen LogP) is 4.83. The second kappa shape index (κ2) is 8.83. The molecule has 0 saturated carbocycles. The number of amides is 2. The number of hydrogen-bond donors (Lipinski definition) is 0. The van der Waals surface area contributed by atoms with Gasteiger partial charge in [-0.2, -0.15) is 0 Å². The maximum Gasteiger partial charge on any atom is 0.262 e. The third kappa shape index (κ3) is 3.32. The lowest BCUT2D eigenvalue weighted by molar-refractivity contribution is 0.0470. The Morgan fingerprint density at radius 3 is 2.03 bits per heavy atom. The summed E-state index contributed by atoms with van der Waals surface area (Å²) in [6.07, 6.45) is 3.85. The minimum absolute atomic E-state index is 0.317. The fraction of sp³-hybridized carbons (Fsp3) is 0.269. The van der Waals surface area contributed by atoms with Gasteiger partial charge in [0.1, 0.15) is 5.54 Å². The minimum atomic E-state index is -1.06. The van der Waals surface area contributed by atoms with Gasteiger partial charge in [0, 0.05) is 18.0 Å². The molecule has 0 spiro atoms. The molecule has 0 N–H and O–H groups in total. The highest BCUT2D eigenvalue weighted by molar-refractivity contribution is 6.22. The van der Waals surface area contributed by atoms with Crippen molar-refractivity contribution in [1.82, 2.24) is 9.88 Å². The fourth-order valence-electron chi connectivity index (χ4n) is 4.44. The van der Waals surface area contributed by atoms with Crippen LogP contribution in [0.3, 0.4) is 0 Å². The summed E-state index contributed by atoms with van der Waals surface area (Å²) in [5.74, 6) is 0.563. The third-order valence-corrected chi connectivity index (χ3v) is 5.85. The lowest BCUT2D eigenvalue weighted by atomic mass is 9.79. The Hall–Kier alpha value is -3.67. The van der Waals surface area contributed by atoms with Crippen molar-refractivity contribution < 1.29 is 19.1 Å². The topological polar surface area (TPSA) is 68.7 Å². The molecular formula is C26H26N2O4. The zero-order valence-electron chi connectivity index (χ0n) is 18.5. The smallest absolute Gasteiger partial charge is 0.262 e. The van der Waals surface area contributed by atoms with Gasteiger partial charge in [-0.1, -0.05) is 31.2 Å². The number of carbonyl (C=O) groups is 2. The van der Waals surface area contributed by atoms with Crippen molar-refractivity contribution in [1.29, 1.82) is 0 Å². The van der Waals surface area contributed by atoms with Crippen molar-refractivity contribution in [3.63, 3.8) is 0 Å². The average molecular weight is 431 g/mol. The molecule has 32 heavy (non-hydrogen) atoms. The summed E-state index contributed by atoms with van der Waals surface area (Å²) in [6, 6.07) is 16.3. The Labute approximate surface area is 187 Å². The van der Waals surface area contributed by atoms with Crippen molar-refractivity contribution in [2.75, 3.05) is 13.2 Å². The molecule has 164 valence electrons. The van der Waals surface area contributed by atoms with Crippen LogP contribution in [0.25, 0.3) is 0 Å². The minimum Gasteiger partial charge on any atom is -0.490 e. The van der Waals surface area contributed by atoms with Crippen molar-refractivity contribution in [2.24, 2.45) is 0 Å². The van der Waals surface area contributed by atoms with Gasteiger partial charge >= 0.3 is 0 Å². The first-order valence-electron chi connectivity index (χ1n) is 10.9. The zero-order valence-corrected chi connectivity index (χ0v) is 18.5. The number of imide groups is 1. The van der Waals surface area contributed by atoms with Gasteiger partial charge in [0.05, 0.1) is 24.3 Å². The Bertz CT molecular complexity index is 1110. The molecule has 0 radical (unpaired) electrons. The highest BCUT2D eigenvalue weighted by Gasteiger charge is 2.50. The lowest BCUT2D eigenvalue weighted by Crippen LogP contribution is -2.50. The molecule has 1 aliphatic heterocycles. The van der Waals surface area contributed by atoms with E-state index >= 15 is 0 Å². The van der Waals surface area contributed by atoms with Crippen LogP contribution in [0, 0.1) is 0 Å². The molecule has 0 fully saturated rings. The van der Waals surface area contributed by atoms with Crippen LogP contribution < -0.4 is 9.47 Å². The second-order valence-electron chi connectivity index (χ2n) is 7.47. The van der Waals surface area contributed by atoms with Crippen molar-refractivity contribution >= 4 is 11.8 Å². The quantitative estimate of drug-likeness (QED) is 0.479. The summed E-state index contributed by atoms with van der Waals surface area (Å²) in [5.41, 5.74) is 1.28. The Balaban J connectivity index is 1.96.